The van der Waals surface area contributed by atoms with Crippen molar-refractivity contribution in [3.8, 4) is 11.6 Å². The van der Waals surface area contributed by atoms with Crippen LogP contribution in [0.15, 0.2) is 45.8 Å². The van der Waals surface area contributed by atoms with E-state index in [1.807, 2.05) is 0 Å². The molecule has 1 saturated heterocycles. The molecule has 2 unspecified atom stereocenters. The summed E-state index contributed by atoms with van der Waals surface area (Å²) in [6, 6.07) is 7.48. The summed E-state index contributed by atoms with van der Waals surface area (Å²) in [6.07, 6.45) is 2.61. The number of carbonyl (C=O) groups excluding carboxylic acids is 1. The molecule has 0 radical (unpaired) electrons. The largest absolute Gasteiger partial charge is 0.401 e. The zero-order chi connectivity index (χ0) is 22.2. The van der Waals surface area contributed by atoms with Crippen LogP contribution in [0.3, 0.4) is 0 Å². The Morgan fingerprint density at radius 3 is 2.39 bits per heavy atom. The van der Waals surface area contributed by atoms with Crippen molar-refractivity contribution in [3.63, 3.8) is 0 Å². The number of aryl methyl sites for hydroxylation is 1. The van der Waals surface area contributed by atoms with Gasteiger partial charge in [-0.3, -0.25) is 14.8 Å². The lowest BCUT2D eigenvalue weighted by atomic mass is 9.94. The van der Waals surface area contributed by atoms with E-state index in [0.717, 1.165) is 6.42 Å². The molecule has 1 fully saturated rings. The van der Waals surface area contributed by atoms with E-state index < -0.39 is 15.9 Å². The van der Waals surface area contributed by atoms with Gasteiger partial charge in [0.15, 0.2) is 0 Å². The summed E-state index contributed by atoms with van der Waals surface area (Å²) in [7, 11) is -1.87. The molecule has 164 valence electrons. The van der Waals surface area contributed by atoms with E-state index in [0.29, 0.717) is 30.6 Å². The molecule has 11 heteroatoms. The molecule has 10 nitrogen and oxygen atoms in total. The normalized spacial score (nSPS) is 20.0. The molecule has 2 aromatic heterocycles. The molecule has 3 heterocycles. The van der Waals surface area contributed by atoms with Gasteiger partial charge >= 0.3 is 6.01 Å². The van der Waals surface area contributed by atoms with Crippen LogP contribution < -0.4 is 5.32 Å². The monoisotopic (exact) mass is 444 g/mol. The summed E-state index contributed by atoms with van der Waals surface area (Å²) in [5.41, 5.74) is 0.892. The third kappa shape index (κ3) is 4.37. The Balaban J connectivity index is 1.46. The highest BCUT2D eigenvalue weighted by molar-refractivity contribution is 7.89. The molecule has 1 aliphatic rings. The second-order valence-electron chi connectivity index (χ2n) is 8.00. The molecule has 1 aromatic carbocycles. The highest BCUT2D eigenvalue weighted by Crippen LogP contribution is 2.27. The summed E-state index contributed by atoms with van der Waals surface area (Å²) in [5, 5.41) is 14.3. The molecular formula is C20H24N6O4S. The smallest absolute Gasteiger partial charge is 0.322 e. The van der Waals surface area contributed by atoms with Gasteiger partial charge in [-0.2, -0.15) is 9.40 Å². The maximum Gasteiger partial charge on any atom is 0.322 e. The fourth-order valence-electron chi connectivity index (χ4n) is 3.86. The van der Waals surface area contributed by atoms with Gasteiger partial charge in [0.25, 0.3) is 11.8 Å². The maximum atomic E-state index is 13.0. The minimum absolute atomic E-state index is 0.0609. The van der Waals surface area contributed by atoms with Crippen molar-refractivity contribution < 1.29 is 17.6 Å². The molecule has 1 N–H and O–H groups in total. The van der Waals surface area contributed by atoms with Gasteiger partial charge in [0.05, 0.1) is 4.90 Å². The molecule has 1 amide bonds. The SMILES string of the molecule is CC1CC(C)CN(S(=O)(=O)c2ccc(C(=O)Nc3nnc(-c4ccnn4C)o3)cc2)C1. The molecule has 31 heavy (non-hydrogen) atoms. The van der Waals surface area contributed by atoms with Gasteiger partial charge < -0.3 is 4.42 Å². The molecular weight excluding hydrogens is 420 g/mol. The van der Waals surface area contributed by atoms with E-state index >= 15 is 0 Å². The van der Waals surface area contributed by atoms with Crippen LogP contribution >= 0.6 is 0 Å². The lowest BCUT2D eigenvalue weighted by Gasteiger charge is -2.34. The van der Waals surface area contributed by atoms with E-state index in [9.17, 15) is 13.2 Å². The minimum Gasteiger partial charge on any atom is -0.401 e. The van der Waals surface area contributed by atoms with Crippen LogP contribution in [-0.2, 0) is 17.1 Å². The lowest BCUT2D eigenvalue weighted by molar-refractivity contribution is 0.102. The van der Waals surface area contributed by atoms with E-state index in [2.05, 4.69) is 34.5 Å². The average Bonchev–Trinajstić information content (AvgIpc) is 3.36. The van der Waals surface area contributed by atoms with Gasteiger partial charge in [0, 0.05) is 31.9 Å². The van der Waals surface area contributed by atoms with Gasteiger partial charge in [0.1, 0.15) is 5.69 Å². The van der Waals surface area contributed by atoms with Crippen LogP contribution in [0.4, 0.5) is 6.01 Å². The predicted octanol–water partition coefficient (Wildman–Crippen LogP) is 2.39. The van der Waals surface area contributed by atoms with Crippen LogP contribution in [-0.4, -0.2) is 51.7 Å². The van der Waals surface area contributed by atoms with Crippen LogP contribution in [0.1, 0.15) is 30.6 Å². The number of sulfonamides is 1. The number of anilines is 1. The van der Waals surface area contributed by atoms with Gasteiger partial charge in [-0.1, -0.05) is 18.9 Å². The first kappa shape index (κ1) is 21.2. The van der Waals surface area contributed by atoms with Crippen molar-refractivity contribution in [2.75, 3.05) is 18.4 Å². The number of nitrogens with zero attached hydrogens (tertiary/aromatic N) is 5. The number of aromatic nitrogens is 4. The Morgan fingerprint density at radius 1 is 1.10 bits per heavy atom. The number of piperidine rings is 1. The number of amides is 1. The van der Waals surface area contributed by atoms with Crippen molar-refractivity contribution >= 4 is 21.9 Å². The predicted molar refractivity (Wildman–Crippen MR) is 113 cm³/mol. The third-order valence-corrected chi connectivity index (χ3v) is 7.12. The first-order chi connectivity index (χ1) is 14.7. The molecule has 4 rings (SSSR count). The van der Waals surface area contributed by atoms with Crippen LogP contribution in [0.5, 0.6) is 0 Å². The van der Waals surface area contributed by atoms with Gasteiger partial charge in [0.2, 0.25) is 10.0 Å². The highest BCUT2D eigenvalue weighted by Gasteiger charge is 2.31. The van der Waals surface area contributed by atoms with E-state index in [1.54, 1.807) is 24.0 Å². The zero-order valence-electron chi connectivity index (χ0n) is 17.5. The fourth-order valence-corrected chi connectivity index (χ4v) is 5.54. The molecule has 0 bridgehead atoms. The Morgan fingerprint density at radius 2 is 1.77 bits per heavy atom. The summed E-state index contributed by atoms with van der Waals surface area (Å²) < 4.78 is 34.5. The Kier molecular flexibility index (Phi) is 5.63. The number of benzene rings is 1. The molecule has 1 aliphatic heterocycles. The topological polar surface area (TPSA) is 123 Å². The number of rotatable bonds is 5. The third-order valence-electron chi connectivity index (χ3n) is 5.28. The lowest BCUT2D eigenvalue weighted by Crippen LogP contribution is -2.42. The summed E-state index contributed by atoms with van der Waals surface area (Å²) in [5.74, 6) is 0.370. The Bertz CT molecular complexity index is 1170. The fraction of sp³-hybridized carbons (Fsp3) is 0.400. The van der Waals surface area contributed by atoms with Crippen LogP contribution in [0.2, 0.25) is 0 Å². The summed E-state index contributed by atoms with van der Waals surface area (Å²) in [6.45, 7) is 5.13. The van der Waals surface area contributed by atoms with E-state index in [1.165, 1.54) is 28.6 Å². The Labute approximate surface area is 180 Å². The standard InChI is InChI=1S/C20H24N6O4S/c1-13-10-14(2)12-26(11-13)31(28,29)16-6-4-15(5-7-16)18(27)22-20-24-23-19(30-20)17-8-9-21-25(17)3/h4-9,13-14H,10-12H2,1-3H3,(H,22,24,27). The van der Waals surface area contributed by atoms with Crippen molar-refractivity contribution in [1.29, 1.82) is 0 Å². The molecule has 2 atom stereocenters. The quantitative estimate of drug-likeness (QED) is 0.641. The van der Waals surface area contributed by atoms with Crippen LogP contribution in [0.25, 0.3) is 11.6 Å². The van der Waals surface area contributed by atoms with E-state index in [-0.39, 0.29) is 22.4 Å². The first-order valence-corrected chi connectivity index (χ1v) is 11.4. The molecule has 3 aromatic rings. The summed E-state index contributed by atoms with van der Waals surface area (Å²) in [4.78, 5) is 12.7. The Hall–Kier alpha value is -3.05. The number of nitrogens with one attached hydrogen (secondary N) is 1. The average molecular weight is 445 g/mol. The van der Waals surface area contributed by atoms with Crippen molar-refractivity contribution in [3.05, 3.63) is 42.1 Å². The van der Waals surface area contributed by atoms with Gasteiger partial charge in [-0.05, 0) is 48.6 Å². The minimum atomic E-state index is -3.60. The van der Waals surface area contributed by atoms with Crippen molar-refractivity contribution in [2.24, 2.45) is 18.9 Å². The highest BCUT2D eigenvalue weighted by atomic mass is 32.2. The number of hydrogen-bond acceptors (Lipinski definition) is 7. The van der Waals surface area contributed by atoms with Crippen molar-refractivity contribution in [2.45, 2.75) is 25.2 Å². The maximum absolute atomic E-state index is 13.0. The van der Waals surface area contributed by atoms with Gasteiger partial charge in [-0.25, -0.2) is 8.42 Å². The molecule has 0 spiro atoms. The number of hydrogen-bond donors (Lipinski definition) is 1. The van der Waals surface area contributed by atoms with Gasteiger partial charge in [-0.15, -0.1) is 5.10 Å². The second-order valence-corrected chi connectivity index (χ2v) is 9.94. The second kappa shape index (κ2) is 8.23. The molecule has 0 saturated carbocycles. The van der Waals surface area contributed by atoms with Crippen LogP contribution in [0, 0.1) is 11.8 Å². The van der Waals surface area contributed by atoms with Crippen molar-refractivity contribution in [1.82, 2.24) is 24.3 Å². The van der Waals surface area contributed by atoms with E-state index in [4.69, 9.17) is 4.42 Å². The molecule has 0 aliphatic carbocycles. The zero-order valence-corrected chi connectivity index (χ0v) is 18.3. The first-order valence-electron chi connectivity index (χ1n) is 9.97. The number of carbonyl (C=O) groups is 1. The summed E-state index contributed by atoms with van der Waals surface area (Å²) >= 11 is 0.